The zero-order valence-electron chi connectivity index (χ0n) is 20.1. The van der Waals surface area contributed by atoms with Crippen LogP contribution in [0.1, 0.15) is 108 Å². The van der Waals surface area contributed by atoms with Gasteiger partial charge >= 0.3 is 0 Å². The molecule has 0 aliphatic carbocycles. The molecular weight excluding hydrogens is 376 g/mol. The minimum Gasteiger partial charge on any atom is -0.457 e. The molecule has 0 aliphatic rings. The Balaban J connectivity index is 1.80. The SMILES string of the molecule is C=Cc1cc(CCCCCCCC)ccc1Oc1ccc(CCCCCCCC)cc1. The molecule has 1 nitrogen and oxygen atoms in total. The summed E-state index contributed by atoms with van der Waals surface area (Å²) in [5, 5.41) is 0. The van der Waals surface area contributed by atoms with Crippen molar-refractivity contribution in [3.8, 4) is 11.5 Å². The third-order valence-corrected chi connectivity index (χ3v) is 6.08. The Bertz CT molecular complexity index is 729. The predicted octanol–water partition coefficient (Wildman–Crippen LogP) is 9.93. The van der Waals surface area contributed by atoms with Crippen LogP contribution in [0.4, 0.5) is 0 Å². The maximum atomic E-state index is 6.18. The highest BCUT2D eigenvalue weighted by molar-refractivity contribution is 5.58. The predicted molar refractivity (Wildman–Crippen MR) is 137 cm³/mol. The Hall–Kier alpha value is -2.02. The number of aryl methyl sites for hydroxylation is 2. The van der Waals surface area contributed by atoms with Gasteiger partial charge in [-0.25, -0.2) is 0 Å². The van der Waals surface area contributed by atoms with E-state index in [1.807, 2.05) is 6.08 Å². The van der Waals surface area contributed by atoms with Crippen LogP contribution in [0.3, 0.4) is 0 Å². The molecule has 0 amide bonds. The zero-order valence-corrected chi connectivity index (χ0v) is 20.1. The molecule has 0 heterocycles. The maximum Gasteiger partial charge on any atom is 0.134 e. The molecule has 0 bridgehead atoms. The van der Waals surface area contributed by atoms with E-state index in [9.17, 15) is 0 Å². The first-order chi connectivity index (χ1) is 15.3. The van der Waals surface area contributed by atoms with Crippen LogP contribution in [0.15, 0.2) is 49.0 Å². The number of benzene rings is 2. The molecule has 0 fully saturated rings. The van der Waals surface area contributed by atoms with Gasteiger partial charge in [0.25, 0.3) is 0 Å². The highest BCUT2D eigenvalue weighted by atomic mass is 16.5. The largest absolute Gasteiger partial charge is 0.457 e. The lowest BCUT2D eigenvalue weighted by Gasteiger charge is -2.12. The topological polar surface area (TPSA) is 9.23 Å². The molecule has 0 saturated carbocycles. The monoisotopic (exact) mass is 420 g/mol. The van der Waals surface area contributed by atoms with Gasteiger partial charge in [0.1, 0.15) is 11.5 Å². The van der Waals surface area contributed by atoms with Crippen molar-refractivity contribution in [3.63, 3.8) is 0 Å². The van der Waals surface area contributed by atoms with Crippen molar-refractivity contribution in [2.24, 2.45) is 0 Å². The molecule has 0 unspecified atom stereocenters. The second-order valence-corrected chi connectivity index (χ2v) is 8.86. The van der Waals surface area contributed by atoms with Crippen molar-refractivity contribution in [2.45, 2.75) is 104 Å². The molecule has 170 valence electrons. The highest BCUT2D eigenvalue weighted by Crippen LogP contribution is 2.28. The fourth-order valence-electron chi connectivity index (χ4n) is 4.08. The Morgan fingerprint density at radius 1 is 0.645 bits per heavy atom. The second-order valence-electron chi connectivity index (χ2n) is 8.86. The fraction of sp³-hybridized carbons (Fsp3) is 0.533. The molecule has 2 rings (SSSR count). The van der Waals surface area contributed by atoms with Gasteiger partial charge in [0.15, 0.2) is 0 Å². The first-order valence-corrected chi connectivity index (χ1v) is 12.8. The molecule has 0 aromatic heterocycles. The average molecular weight is 421 g/mol. The smallest absolute Gasteiger partial charge is 0.134 e. The molecule has 0 aliphatic heterocycles. The molecule has 31 heavy (non-hydrogen) atoms. The van der Waals surface area contributed by atoms with Gasteiger partial charge in [0.2, 0.25) is 0 Å². The maximum absolute atomic E-state index is 6.18. The van der Waals surface area contributed by atoms with Crippen molar-refractivity contribution < 1.29 is 4.74 Å². The van der Waals surface area contributed by atoms with E-state index < -0.39 is 0 Å². The van der Waals surface area contributed by atoms with Gasteiger partial charge in [-0.15, -0.1) is 0 Å². The van der Waals surface area contributed by atoms with Crippen molar-refractivity contribution in [1.29, 1.82) is 0 Å². The first-order valence-electron chi connectivity index (χ1n) is 12.8. The van der Waals surface area contributed by atoms with Crippen molar-refractivity contribution in [2.75, 3.05) is 0 Å². The van der Waals surface area contributed by atoms with Crippen LogP contribution < -0.4 is 4.74 Å². The third-order valence-electron chi connectivity index (χ3n) is 6.08. The standard InChI is InChI=1S/C30H44O/c1-4-7-9-11-13-15-17-26-19-22-29(23-20-26)31-30-24-21-27(25-28(30)6-3)18-16-14-12-10-8-5-2/h6,19-25H,3-5,7-18H2,1-2H3. The van der Waals surface area contributed by atoms with E-state index in [0.717, 1.165) is 29.9 Å². The summed E-state index contributed by atoms with van der Waals surface area (Å²) < 4.78 is 6.18. The minimum atomic E-state index is 0.894. The molecule has 0 radical (unpaired) electrons. The van der Waals surface area contributed by atoms with Crippen LogP contribution in [0.5, 0.6) is 11.5 Å². The number of unbranched alkanes of at least 4 members (excludes halogenated alkanes) is 10. The Morgan fingerprint density at radius 3 is 1.74 bits per heavy atom. The summed E-state index contributed by atoms with van der Waals surface area (Å²) in [6.45, 7) is 8.54. The van der Waals surface area contributed by atoms with E-state index in [-0.39, 0.29) is 0 Å². The van der Waals surface area contributed by atoms with E-state index >= 15 is 0 Å². The molecular formula is C30H44O. The summed E-state index contributed by atoms with van der Waals surface area (Å²) in [4.78, 5) is 0. The molecule has 1 heteroatoms. The van der Waals surface area contributed by atoms with Gasteiger partial charge in [0, 0.05) is 5.56 Å². The summed E-state index contributed by atoms with van der Waals surface area (Å²) in [7, 11) is 0. The fourth-order valence-corrected chi connectivity index (χ4v) is 4.08. The van der Waals surface area contributed by atoms with Gasteiger partial charge in [-0.1, -0.05) is 109 Å². The van der Waals surface area contributed by atoms with Gasteiger partial charge < -0.3 is 4.74 Å². The number of hydrogen-bond donors (Lipinski definition) is 0. The zero-order chi connectivity index (χ0) is 22.2. The summed E-state index contributed by atoms with van der Waals surface area (Å²) >= 11 is 0. The van der Waals surface area contributed by atoms with E-state index in [4.69, 9.17) is 4.74 Å². The van der Waals surface area contributed by atoms with Crippen molar-refractivity contribution >= 4 is 6.08 Å². The lowest BCUT2D eigenvalue weighted by Crippen LogP contribution is -1.92. The van der Waals surface area contributed by atoms with Crippen LogP contribution in [-0.2, 0) is 12.8 Å². The van der Waals surface area contributed by atoms with Gasteiger partial charge in [0.05, 0.1) is 0 Å². The molecule has 0 spiro atoms. The Labute approximate surface area is 191 Å². The van der Waals surface area contributed by atoms with Crippen molar-refractivity contribution in [1.82, 2.24) is 0 Å². The van der Waals surface area contributed by atoms with Crippen LogP contribution in [0.25, 0.3) is 6.08 Å². The van der Waals surface area contributed by atoms with Crippen LogP contribution in [0.2, 0.25) is 0 Å². The number of ether oxygens (including phenoxy) is 1. The van der Waals surface area contributed by atoms with Crippen molar-refractivity contribution in [3.05, 3.63) is 65.7 Å². The average Bonchev–Trinajstić information content (AvgIpc) is 2.80. The quantitative estimate of drug-likeness (QED) is 0.231. The minimum absolute atomic E-state index is 0.894. The van der Waals surface area contributed by atoms with E-state index in [1.165, 1.54) is 88.2 Å². The van der Waals surface area contributed by atoms with Crippen LogP contribution >= 0.6 is 0 Å². The Kier molecular flexibility index (Phi) is 12.8. The highest BCUT2D eigenvalue weighted by Gasteiger charge is 2.05. The second kappa shape index (κ2) is 15.7. The molecule has 2 aromatic rings. The molecule has 2 aromatic carbocycles. The molecule has 0 N–H and O–H groups in total. The van der Waals surface area contributed by atoms with Gasteiger partial charge in [-0.05, 0) is 61.1 Å². The summed E-state index contributed by atoms with van der Waals surface area (Å²) in [6, 6.07) is 15.2. The summed E-state index contributed by atoms with van der Waals surface area (Å²) in [5.41, 5.74) is 3.87. The number of hydrogen-bond acceptors (Lipinski definition) is 1. The van der Waals surface area contributed by atoms with Gasteiger partial charge in [-0.3, -0.25) is 0 Å². The van der Waals surface area contributed by atoms with E-state index in [0.29, 0.717) is 0 Å². The molecule has 0 atom stereocenters. The normalized spacial score (nSPS) is 10.9. The summed E-state index contributed by atoms with van der Waals surface area (Å²) in [5.74, 6) is 1.80. The first kappa shape index (κ1) is 25.2. The van der Waals surface area contributed by atoms with Crippen LogP contribution in [-0.4, -0.2) is 0 Å². The lowest BCUT2D eigenvalue weighted by atomic mass is 10.0. The summed E-state index contributed by atoms with van der Waals surface area (Å²) in [6.07, 6.45) is 20.3. The Morgan fingerprint density at radius 2 is 1.16 bits per heavy atom. The van der Waals surface area contributed by atoms with Crippen LogP contribution in [0, 0.1) is 0 Å². The third kappa shape index (κ3) is 10.2. The van der Waals surface area contributed by atoms with Gasteiger partial charge in [-0.2, -0.15) is 0 Å². The lowest BCUT2D eigenvalue weighted by molar-refractivity contribution is 0.481. The van der Waals surface area contributed by atoms with E-state index in [2.05, 4.69) is 62.9 Å². The molecule has 0 saturated heterocycles. The van der Waals surface area contributed by atoms with E-state index in [1.54, 1.807) is 0 Å². The number of rotatable bonds is 17.